The number of nitrogens with one attached hydrogen (secondary N) is 1. The van der Waals surface area contributed by atoms with Crippen molar-refractivity contribution in [1.82, 2.24) is 10.2 Å². The van der Waals surface area contributed by atoms with Crippen LogP contribution in [0, 0.1) is 5.92 Å². The monoisotopic (exact) mass is 376 g/mol. The molecule has 0 spiro atoms. The van der Waals surface area contributed by atoms with Crippen molar-refractivity contribution in [3.05, 3.63) is 53.4 Å². The average Bonchev–Trinajstić information content (AvgIpc) is 3.17. The molecular formula is C20H25ClN2O3. The summed E-state index contributed by atoms with van der Waals surface area (Å²) in [6.07, 6.45) is 4.02. The van der Waals surface area contributed by atoms with E-state index in [2.05, 4.69) is 17.1 Å². The predicted molar refractivity (Wildman–Crippen MR) is 101 cm³/mol. The first-order valence-corrected chi connectivity index (χ1v) is 9.42. The second-order valence-corrected chi connectivity index (χ2v) is 7.23. The van der Waals surface area contributed by atoms with Gasteiger partial charge < -0.3 is 14.5 Å². The van der Waals surface area contributed by atoms with Crippen molar-refractivity contribution in [2.45, 2.75) is 25.8 Å². The minimum atomic E-state index is -0.151. The number of carbonyl (C=O) groups excluding carboxylic acids is 1. The summed E-state index contributed by atoms with van der Waals surface area (Å²) in [5, 5.41) is 3.61. The molecule has 140 valence electrons. The van der Waals surface area contributed by atoms with Crippen LogP contribution >= 0.6 is 11.6 Å². The fourth-order valence-electron chi connectivity index (χ4n) is 3.17. The fraction of sp³-hybridized carbons (Fsp3) is 0.450. The van der Waals surface area contributed by atoms with E-state index < -0.39 is 0 Å². The molecule has 1 aliphatic heterocycles. The summed E-state index contributed by atoms with van der Waals surface area (Å²) in [4.78, 5) is 14.6. The fourth-order valence-corrected chi connectivity index (χ4v) is 3.30. The molecule has 26 heavy (non-hydrogen) atoms. The Kier molecular flexibility index (Phi) is 6.58. The molecule has 1 aliphatic rings. The van der Waals surface area contributed by atoms with Gasteiger partial charge in [-0.15, -0.1) is 0 Å². The van der Waals surface area contributed by atoms with E-state index in [9.17, 15) is 4.79 Å². The van der Waals surface area contributed by atoms with Crippen LogP contribution in [0.1, 0.15) is 31.6 Å². The maximum Gasteiger partial charge on any atom is 0.258 e. The summed E-state index contributed by atoms with van der Waals surface area (Å²) >= 11 is 5.84. The van der Waals surface area contributed by atoms with Crippen LogP contribution in [-0.2, 0) is 4.79 Å². The van der Waals surface area contributed by atoms with Crippen LogP contribution in [0.15, 0.2) is 47.1 Å². The van der Waals surface area contributed by atoms with E-state index in [1.54, 1.807) is 30.5 Å². The van der Waals surface area contributed by atoms with E-state index in [4.69, 9.17) is 20.8 Å². The van der Waals surface area contributed by atoms with Gasteiger partial charge in [-0.25, -0.2) is 0 Å². The zero-order valence-electron chi connectivity index (χ0n) is 15.0. The number of benzene rings is 1. The molecule has 1 amide bonds. The molecule has 0 saturated carbocycles. The summed E-state index contributed by atoms with van der Waals surface area (Å²) < 4.78 is 11.1. The molecule has 1 aromatic carbocycles. The van der Waals surface area contributed by atoms with Crippen molar-refractivity contribution < 1.29 is 13.9 Å². The molecule has 1 saturated heterocycles. The molecule has 1 unspecified atom stereocenters. The number of rotatable bonds is 7. The SMILES string of the molecule is CC1CCN(C(CNC(=O)COc2ccc(Cl)cc2)c2ccco2)CC1. The van der Waals surface area contributed by atoms with Gasteiger partial charge in [0.05, 0.1) is 12.3 Å². The van der Waals surface area contributed by atoms with Gasteiger partial charge in [-0.3, -0.25) is 9.69 Å². The molecule has 6 heteroatoms. The Labute approximate surface area is 159 Å². The van der Waals surface area contributed by atoms with Gasteiger partial charge in [-0.05, 0) is 68.2 Å². The number of nitrogens with zero attached hydrogens (tertiary/aromatic N) is 1. The van der Waals surface area contributed by atoms with Crippen molar-refractivity contribution >= 4 is 17.5 Å². The Morgan fingerprint density at radius 2 is 2.04 bits per heavy atom. The first kappa shape index (κ1) is 18.8. The van der Waals surface area contributed by atoms with Crippen molar-refractivity contribution in [3.63, 3.8) is 0 Å². The molecule has 2 heterocycles. The molecule has 5 nitrogen and oxygen atoms in total. The van der Waals surface area contributed by atoms with Gasteiger partial charge in [0.15, 0.2) is 6.61 Å². The molecule has 1 N–H and O–H groups in total. The highest BCUT2D eigenvalue weighted by Crippen LogP contribution is 2.26. The number of furan rings is 1. The Morgan fingerprint density at radius 1 is 1.31 bits per heavy atom. The van der Waals surface area contributed by atoms with Gasteiger partial charge in [0, 0.05) is 11.6 Å². The smallest absolute Gasteiger partial charge is 0.258 e. The van der Waals surface area contributed by atoms with Crippen molar-refractivity contribution in [2.24, 2.45) is 5.92 Å². The molecule has 0 aliphatic carbocycles. The minimum absolute atomic E-state index is 0.0243. The van der Waals surface area contributed by atoms with Gasteiger partial charge in [0.25, 0.3) is 5.91 Å². The van der Waals surface area contributed by atoms with Crippen LogP contribution in [0.4, 0.5) is 0 Å². The van der Waals surface area contributed by atoms with Crippen LogP contribution in [-0.4, -0.2) is 37.0 Å². The van der Waals surface area contributed by atoms with E-state index in [1.165, 1.54) is 12.8 Å². The molecule has 1 aromatic heterocycles. The Balaban J connectivity index is 1.52. The second-order valence-electron chi connectivity index (χ2n) is 6.80. The van der Waals surface area contributed by atoms with Gasteiger partial charge in [0.1, 0.15) is 11.5 Å². The first-order chi connectivity index (χ1) is 12.6. The standard InChI is InChI=1S/C20H25ClN2O3/c1-15-8-10-23(11-9-15)18(19-3-2-12-25-19)13-22-20(24)14-26-17-6-4-16(21)5-7-17/h2-7,12,15,18H,8-11,13-14H2,1H3,(H,22,24). The highest BCUT2D eigenvalue weighted by atomic mass is 35.5. The number of hydrogen-bond donors (Lipinski definition) is 1. The third-order valence-corrected chi connectivity index (χ3v) is 5.06. The molecule has 2 aromatic rings. The van der Waals surface area contributed by atoms with E-state index in [1.807, 2.05) is 12.1 Å². The first-order valence-electron chi connectivity index (χ1n) is 9.04. The van der Waals surface area contributed by atoms with E-state index in [0.29, 0.717) is 17.3 Å². The lowest BCUT2D eigenvalue weighted by Gasteiger charge is -2.35. The minimum Gasteiger partial charge on any atom is -0.484 e. The molecule has 3 rings (SSSR count). The van der Waals surface area contributed by atoms with Gasteiger partial charge >= 0.3 is 0 Å². The van der Waals surface area contributed by atoms with E-state index >= 15 is 0 Å². The van der Waals surface area contributed by atoms with Crippen LogP contribution in [0.3, 0.4) is 0 Å². The third kappa shape index (κ3) is 5.26. The van der Waals surface area contributed by atoms with Gasteiger partial charge in [-0.2, -0.15) is 0 Å². The quantitative estimate of drug-likeness (QED) is 0.796. The van der Waals surface area contributed by atoms with Crippen LogP contribution < -0.4 is 10.1 Å². The number of ether oxygens (including phenoxy) is 1. The third-order valence-electron chi connectivity index (χ3n) is 4.81. The van der Waals surface area contributed by atoms with Crippen LogP contribution in [0.25, 0.3) is 0 Å². The summed E-state index contributed by atoms with van der Waals surface area (Å²) in [7, 11) is 0. The summed E-state index contributed by atoms with van der Waals surface area (Å²) in [5.41, 5.74) is 0. The predicted octanol–water partition coefficient (Wildman–Crippen LogP) is 3.90. The lowest BCUT2D eigenvalue weighted by Crippen LogP contribution is -2.42. The van der Waals surface area contributed by atoms with Crippen LogP contribution in [0.2, 0.25) is 5.02 Å². The summed E-state index contributed by atoms with van der Waals surface area (Å²) in [6.45, 7) is 4.80. The normalized spacial score (nSPS) is 17.0. The number of carbonyl (C=O) groups is 1. The van der Waals surface area contributed by atoms with Crippen LogP contribution in [0.5, 0.6) is 5.75 Å². The Bertz CT molecular complexity index is 680. The average molecular weight is 377 g/mol. The summed E-state index contributed by atoms with van der Waals surface area (Å²) in [6, 6.07) is 10.9. The molecule has 0 radical (unpaired) electrons. The molecule has 1 fully saturated rings. The number of hydrogen-bond acceptors (Lipinski definition) is 4. The molecule has 0 bridgehead atoms. The maximum absolute atomic E-state index is 12.2. The van der Waals surface area contributed by atoms with Crippen molar-refractivity contribution in [3.8, 4) is 5.75 Å². The van der Waals surface area contributed by atoms with Crippen molar-refractivity contribution in [1.29, 1.82) is 0 Å². The number of piperidine rings is 1. The highest BCUT2D eigenvalue weighted by Gasteiger charge is 2.26. The number of amides is 1. The topological polar surface area (TPSA) is 54.7 Å². The summed E-state index contributed by atoms with van der Waals surface area (Å²) in [5.74, 6) is 2.11. The second kappa shape index (κ2) is 9.10. The number of halogens is 1. The lowest BCUT2D eigenvalue weighted by molar-refractivity contribution is -0.123. The zero-order valence-corrected chi connectivity index (χ0v) is 15.7. The van der Waals surface area contributed by atoms with Gasteiger partial charge in [0.2, 0.25) is 0 Å². The molecular weight excluding hydrogens is 352 g/mol. The Morgan fingerprint density at radius 3 is 2.69 bits per heavy atom. The highest BCUT2D eigenvalue weighted by molar-refractivity contribution is 6.30. The van der Waals surface area contributed by atoms with E-state index in [-0.39, 0.29) is 18.6 Å². The largest absolute Gasteiger partial charge is 0.484 e. The Hall–Kier alpha value is -1.98. The number of likely N-dealkylation sites (tertiary alicyclic amines) is 1. The lowest BCUT2D eigenvalue weighted by atomic mass is 9.97. The zero-order chi connectivity index (χ0) is 18.4. The van der Waals surface area contributed by atoms with Gasteiger partial charge in [-0.1, -0.05) is 18.5 Å². The maximum atomic E-state index is 12.2. The molecule has 1 atom stereocenters. The van der Waals surface area contributed by atoms with E-state index in [0.717, 1.165) is 24.8 Å². The van der Waals surface area contributed by atoms with Crippen molar-refractivity contribution in [2.75, 3.05) is 26.2 Å².